The van der Waals surface area contributed by atoms with E-state index in [1.165, 1.54) is 66.4 Å². The number of aryl methyl sites for hydroxylation is 2. The van der Waals surface area contributed by atoms with E-state index < -0.39 is 5.41 Å². The van der Waals surface area contributed by atoms with Gasteiger partial charge in [-0.1, -0.05) is 170 Å². The SMILES string of the molecule is c1ccc(C2(c3ccccc3)c3ccccc3-c3cc4c(cc32)-c2ccc(-c3nc(-c5c6ccccc6cc6ccccc56)nc5ccccc35)cc2CC4)cc1. The van der Waals surface area contributed by atoms with Gasteiger partial charge in [0.1, 0.15) is 0 Å². The molecule has 0 saturated heterocycles. The van der Waals surface area contributed by atoms with E-state index in [1.54, 1.807) is 0 Å². The van der Waals surface area contributed by atoms with Crippen molar-refractivity contribution in [2.45, 2.75) is 18.3 Å². The van der Waals surface area contributed by atoms with Crippen LogP contribution in [0.25, 0.3) is 77.3 Å². The zero-order valence-electron chi connectivity index (χ0n) is 31.3. The number of para-hydroxylation sites is 1. The van der Waals surface area contributed by atoms with Crippen LogP contribution in [0.3, 0.4) is 0 Å². The van der Waals surface area contributed by atoms with Crippen molar-refractivity contribution in [1.29, 1.82) is 0 Å². The molecule has 10 aromatic rings. The number of hydrogen-bond acceptors (Lipinski definition) is 2. The molecular formula is C55H36N2. The van der Waals surface area contributed by atoms with E-state index in [4.69, 9.17) is 9.97 Å². The van der Waals surface area contributed by atoms with Gasteiger partial charge in [0, 0.05) is 16.5 Å². The highest BCUT2D eigenvalue weighted by Gasteiger charge is 2.46. The van der Waals surface area contributed by atoms with E-state index in [2.05, 4.69) is 194 Å². The Morgan fingerprint density at radius 2 is 0.982 bits per heavy atom. The van der Waals surface area contributed by atoms with Gasteiger partial charge < -0.3 is 0 Å². The van der Waals surface area contributed by atoms with Crippen LogP contribution in [0, 0.1) is 0 Å². The Labute approximate surface area is 331 Å². The van der Waals surface area contributed by atoms with Crippen LogP contribution < -0.4 is 0 Å². The number of rotatable bonds is 4. The van der Waals surface area contributed by atoms with Gasteiger partial charge >= 0.3 is 0 Å². The summed E-state index contributed by atoms with van der Waals surface area (Å²) in [4.78, 5) is 10.7. The van der Waals surface area contributed by atoms with E-state index in [0.717, 1.165) is 57.2 Å². The first-order valence-corrected chi connectivity index (χ1v) is 20.0. The first kappa shape index (κ1) is 32.1. The molecule has 1 heterocycles. The minimum Gasteiger partial charge on any atom is -0.228 e. The number of fused-ring (bicyclic) bond motifs is 9. The van der Waals surface area contributed by atoms with Crippen LogP contribution in [0.5, 0.6) is 0 Å². The monoisotopic (exact) mass is 724 g/mol. The zero-order chi connectivity index (χ0) is 37.5. The molecule has 2 aliphatic carbocycles. The molecule has 0 atom stereocenters. The maximum Gasteiger partial charge on any atom is 0.161 e. The number of benzene rings is 9. The van der Waals surface area contributed by atoms with Crippen molar-refractivity contribution in [3.05, 3.63) is 228 Å². The lowest BCUT2D eigenvalue weighted by atomic mass is 9.67. The number of nitrogens with zero attached hydrogens (tertiary/aromatic N) is 2. The van der Waals surface area contributed by atoms with Crippen LogP contribution in [0.2, 0.25) is 0 Å². The molecule has 0 spiro atoms. The molecule has 266 valence electrons. The van der Waals surface area contributed by atoms with E-state index in [1.807, 2.05) is 0 Å². The van der Waals surface area contributed by atoms with Crippen LogP contribution in [-0.2, 0) is 18.3 Å². The lowest BCUT2D eigenvalue weighted by Crippen LogP contribution is -2.28. The third-order valence-corrected chi connectivity index (χ3v) is 12.6. The molecule has 0 fully saturated rings. The number of aromatic nitrogens is 2. The smallest absolute Gasteiger partial charge is 0.161 e. The van der Waals surface area contributed by atoms with Gasteiger partial charge in [0.2, 0.25) is 0 Å². The van der Waals surface area contributed by atoms with Crippen LogP contribution in [0.4, 0.5) is 0 Å². The van der Waals surface area contributed by atoms with Crippen LogP contribution >= 0.6 is 0 Å². The van der Waals surface area contributed by atoms with Crippen LogP contribution in [0.1, 0.15) is 33.4 Å². The summed E-state index contributed by atoms with van der Waals surface area (Å²) in [7, 11) is 0. The molecule has 12 rings (SSSR count). The van der Waals surface area contributed by atoms with E-state index in [0.29, 0.717) is 0 Å². The standard InChI is InChI=1S/C55H36N2/c1-3-17-40(18-4-1)55(41-19-5-2-6-20-41)49-25-13-11-23-45(49)48-33-38-28-27-37-32-39(29-30-42(37)47(38)34-50(48)55)53-46-24-12-14-26-51(46)56-54(57-53)52-43-21-9-7-15-35(43)31-36-16-8-10-22-44(36)52/h1-26,29-34H,27-28H2. The molecule has 57 heavy (non-hydrogen) atoms. The highest BCUT2D eigenvalue weighted by Crippen LogP contribution is 2.57. The summed E-state index contributed by atoms with van der Waals surface area (Å²) < 4.78 is 0. The lowest BCUT2D eigenvalue weighted by Gasteiger charge is -2.34. The van der Waals surface area contributed by atoms with Gasteiger partial charge in [-0.25, -0.2) is 9.97 Å². The lowest BCUT2D eigenvalue weighted by molar-refractivity contribution is 0.767. The third kappa shape index (κ3) is 4.71. The minimum atomic E-state index is -0.427. The quantitative estimate of drug-likeness (QED) is 0.169. The highest BCUT2D eigenvalue weighted by atomic mass is 14.9. The molecule has 0 N–H and O–H groups in total. The van der Waals surface area contributed by atoms with Crippen molar-refractivity contribution in [3.63, 3.8) is 0 Å². The maximum absolute atomic E-state index is 5.48. The Balaban J connectivity index is 1.06. The Morgan fingerprint density at radius 3 is 1.70 bits per heavy atom. The Bertz CT molecular complexity index is 3140. The van der Waals surface area contributed by atoms with E-state index in [-0.39, 0.29) is 0 Å². The fourth-order valence-electron chi connectivity index (χ4n) is 10.1. The Hall–Kier alpha value is -7.16. The second-order valence-electron chi connectivity index (χ2n) is 15.6. The second kappa shape index (κ2) is 12.4. The normalized spacial score (nSPS) is 13.6. The fraction of sp³-hybridized carbons (Fsp3) is 0.0545. The third-order valence-electron chi connectivity index (χ3n) is 12.6. The van der Waals surface area contributed by atoms with E-state index in [9.17, 15) is 0 Å². The number of hydrogen-bond donors (Lipinski definition) is 0. The van der Waals surface area contributed by atoms with Gasteiger partial charge in [0.15, 0.2) is 5.82 Å². The largest absolute Gasteiger partial charge is 0.228 e. The average Bonchev–Trinajstić information content (AvgIpc) is 3.57. The predicted octanol–water partition coefficient (Wildman–Crippen LogP) is 13.4. The van der Waals surface area contributed by atoms with Gasteiger partial charge in [0.05, 0.1) is 16.6 Å². The molecule has 0 amide bonds. The predicted molar refractivity (Wildman–Crippen MR) is 236 cm³/mol. The van der Waals surface area contributed by atoms with Crippen LogP contribution in [0.15, 0.2) is 194 Å². The maximum atomic E-state index is 5.48. The van der Waals surface area contributed by atoms with Gasteiger partial charge in [-0.05, 0) is 114 Å². The average molecular weight is 725 g/mol. The second-order valence-corrected chi connectivity index (χ2v) is 15.6. The topological polar surface area (TPSA) is 25.8 Å². The molecule has 1 aromatic heterocycles. The van der Waals surface area contributed by atoms with Crippen molar-refractivity contribution in [3.8, 4) is 44.9 Å². The highest BCUT2D eigenvalue weighted by molar-refractivity contribution is 6.12. The van der Waals surface area contributed by atoms with Crippen LogP contribution in [-0.4, -0.2) is 9.97 Å². The Morgan fingerprint density at radius 1 is 0.386 bits per heavy atom. The molecule has 0 aliphatic heterocycles. The molecule has 2 nitrogen and oxygen atoms in total. The fourth-order valence-corrected chi connectivity index (χ4v) is 10.1. The molecular weight excluding hydrogens is 689 g/mol. The zero-order valence-corrected chi connectivity index (χ0v) is 31.3. The summed E-state index contributed by atoms with van der Waals surface area (Å²) in [5.41, 5.74) is 17.1. The van der Waals surface area contributed by atoms with Gasteiger partial charge in [-0.15, -0.1) is 0 Å². The first-order chi connectivity index (χ1) is 28.3. The molecule has 0 bridgehead atoms. The summed E-state index contributed by atoms with van der Waals surface area (Å²) in [6, 6.07) is 71.3. The van der Waals surface area contributed by atoms with Crippen molar-refractivity contribution >= 4 is 32.4 Å². The molecule has 2 heteroatoms. The summed E-state index contributed by atoms with van der Waals surface area (Å²) in [6.07, 6.45) is 1.96. The summed E-state index contributed by atoms with van der Waals surface area (Å²) >= 11 is 0. The first-order valence-electron chi connectivity index (χ1n) is 20.0. The summed E-state index contributed by atoms with van der Waals surface area (Å²) in [5, 5.41) is 5.77. The Kier molecular flexibility index (Phi) is 7.00. The van der Waals surface area contributed by atoms with Gasteiger partial charge in [-0.2, -0.15) is 0 Å². The van der Waals surface area contributed by atoms with E-state index >= 15 is 0 Å². The summed E-state index contributed by atoms with van der Waals surface area (Å²) in [5.74, 6) is 0.757. The molecule has 9 aromatic carbocycles. The van der Waals surface area contributed by atoms with Gasteiger partial charge in [0.25, 0.3) is 0 Å². The molecule has 2 aliphatic rings. The van der Waals surface area contributed by atoms with Crippen molar-refractivity contribution in [2.24, 2.45) is 0 Å². The molecule has 0 radical (unpaired) electrons. The van der Waals surface area contributed by atoms with Crippen molar-refractivity contribution < 1.29 is 0 Å². The summed E-state index contributed by atoms with van der Waals surface area (Å²) in [6.45, 7) is 0. The van der Waals surface area contributed by atoms with Crippen molar-refractivity contribution in [2.75, 3.05) is 0 Å². The van der Waals surface area contributed by atoms with Gasteiger partial charge in [-0.3, -0.25) is 0 Å². The van der Waals surface area contributed by atoms with Crippen molar-refractivity contribution in [1.82, 2.24) is 9.97 Å². The molecule has 0 unspecified atom stereocenters. The minimum absolute atomic E-state index is 0.427. The molecule has 0 saturated carbocycles.